The molecule has 86 valence electrons. The van der Waals surface area contributed by atoms with Gasteiger partial charge in [-0.2, -0.15) is 0 Å². The molecule has 1 aliphatic rings. The summed E-state index contributed by atoms with van der Waals surface area (Å²) in [5.74, 6) is -0.756. The van der Waals surface area contributed by atoms with Gasteiger partial charge in [-0.15, -0.1) is 0 Å². The highest BCUT2D eigenvalue weighted by Crippen LogP contribution is 2.31. The Balaban J connectivity index is 2.25. The standard InChI is InChI=1S/C12H16N2O2/c13-6-3-7-14-10-5-2-1-4-9(10)8-11(14)12(15)16/h1-2,4-5,11H,3,6-8,13H2,(H,15,16). The highest BCUT2D eigenvalue weighted by Gasteiger charge is 2.33. The largest absolute Gasteiger partial charge is 0.480 e. The lowest BCUT2D eigenvalue weighted by molar-refractivity contribution is -0.138. The Labute approximate surface area is 94.7 Å². The average molecular weight is 220 g/mol. The van der Waals surface area contributed by atoms with Gasteiger partial charge in [0.05, 0.1) is 0 Å². The van der Waals surface area contributed by atoms with Crippen LogP contribution >= 0.6 is 0 Å². The lowest BCUT2D eigenvalue weighted by Gasteiger charge is -2.24. The first-order valence-electron chi connectivity index (χ1n) is 5.51. The lowest BCUT2D eigenvalue weighted by Crippen LogP contribution is -2.39. The van der Waals surface area contributed by atoms with Gasteiger partial charge in [0.25, 0.3) is 0 Å². The first-order valence-corrected chi connectivity index (χ1v) is 5.51. The van der Waals surface area contributed by atoms with Crippen molar-refractivity contribution in [1.29, 1.82) is 0 Å². The number of carboxylic acid groups (broad SMARTS) is 1. The molecule has 1 atom stereocenters. The summed E-state index contributed by atoms with van der Waals surface area (Å²) in [6.07, 6.45) is 1.41. The fraction of sp³-hybridized carbons (Fsp3) is 0.417. The molecule has 0 aromatic heterocycles. The summed E-state index contributed by atoms with van der Waals surface area (Å²) in [6.45, 7) is 1.30. The minimum atomic E-state index is -0.756. The van der Waals surface area contributed by atoms with Gasteiger partial charge in [0.2, 0.25) is 0 Å². The van der Waals surface area contributed by atoms with Gasteiger partial charge in [0.1, 0.15) is 6.04 Å². The van der Waals surface area contributed by atoms with Crippen molar-refractivity contribution in [2.75, 3.05) is 18.0 Å². The van der Waals surface area contributed by atoms with Crippen LogP contribution in [-0.4, -0.2) is 30.2 Å². The number of carboxylic acids is 1. The third-order valence-electron chi connectivity index (χ3n) is 2.98. The van der Waals surface area contributed by atoms with E-state index in [9.17, 15) is 9.90 Å². The van der Waals surface area contributed by atoms with Crippen LogP contribution < -0.4 is 10.6 Å². The highest BCUT2D eigenvalue weighted by atomic mass is 16.4. The lowest BCUT2D eigenvalue weighted by atomic mass is 10.1. The zero-order valence-electron chi connectivity index (χ0n) is 9.10. The van der Waals surface area contributed by atoms with E-state index in [1.807, 2.05) is 29.2 Å². The molecule has 0 spiro atoms. The monoisotopic (exact) mass is 220 g/mol. The van der Waals surface area contributed by atoms with Crippen molar-refractivity contribution in [3.63, 3.8) is 0 Å². The first-order chi connectivity index (χ1) is 7.74. The molecule has 1 aromatic carbocycles. The first kappa shape index (κ1) is 11.0. The van der Waals surface area contributed by atoms with Crippen molar-refractivity contribution in [2.45, 2.75) is 18.9 Å². The van der Waals surface area contributed by atoms with E-state index in [2.05, 4.69) is 0 Å². The molecule has 0 radical (unpaired) electrons. The minimum Gasteiger partial charge on any atom is -0.480 e. The molecular formula is C12H16N2O2. The number of rotatable bonds is 4. The van der Waals surface area contributed by atoms with E-state index in [1.165, 1.54) is 0 Å². The van der Waals surface area contributed by atoms with Gasteiger partial charge in [0, 0.05) is 18.7 Å². The molecule has 0 saturated carbocycles. The molecule has 0 bridgehead atoms. The van der Waals surface area contributed by atoms with Crippen molar-refractivity contribution in [1.82, 2.24) is 0 Å². The van der Waals surface area contributed by atoms with Gasteiger partial charge in [-0.05, 0) is 24.6 Å². The maximum atomic E-state index is 11.2. The second-order valence-electron chi connectivity index (χ2n) is 4.02. The number of fused-ring (bicyclic) bond motifs is 1. The Morgan fingerprint density at radius 3 is 2.94 bits per heavy atom. The van der Waals surface area contributed by atoms with E-state index in [0.29, 0.717) is 19.5 Å². The van der Waals surface area contributed by atoms with Crippen LogP contribution in [0, 0.1) is 0 Å². The van der Waals surface area contributed by atoms with Crippen LogP contribution in [0.15, 0.2) is 24.3 Å². The van der Waals surface area contributed by atoms with E-state index < -0.39 is 12.0 Å². The topological polar surface area (TPSA) is 66.6 Å². The smallest absolute Gasteiger partial charge is 0.326 e. The number of nitrogens with zero attached hydrogens (tertiary/aromatic N) is 1. The minimum absolute atomic E-state index is 0.427. The van der Waals surface area contributed by atoms with Crippen LogP contribution in [0.25, 0.3) is 0 Å². The Kier molecular flexibility index (Phi) is 3.10. The summed E-state index contributed by atoms with van der Waals surface area (Å²) in [6, 6.07) is 7.44. The SMILES string of the molecule is NCCCN1c2ccccc2CC1C(=O)O. The van der Waals surface area contributed by atoms with Gasteiger partial charge in [-0.25, -0.2) is 4.79 Å². The number of nitrogens with two attached hydrogens (primary N) is 1. The number of benzene rings is 1. The predicted molar refractivity (Wildman–Crippen MR) is 62.6 cm³/mol. The van der Waals surface area contributed by atoms with Crippen LogP contribution in [0.1, 0.15) is 12.0 Å². The molecule has 16 heavy (non-hydrogen) atoms. The van der Waals surface area contributed by atoms with Crippen LogP contribution in [0.3, 0.4) is 0 Å². The summed E-state index contributed by atoms with van der Waals surface area (Å²) >= 11 is 0. The van der Waals surface area contributed by atoms with Crippen LogP contribution in [0.2, 0.25) is 0 Å². The van der Waals surface area contributed by atoms with Crippen LogP contribution in [0.5, 0.6) is 0 Å². The molecule has 0 saturated heterocycles. The average Bonchev–Trinajstić information content (AvgIpc) is 2.65. The maximum absolute atomic E-state index is 11.2. The van der Waals surface area contributed by atoms with Gasteiger partial charge < -0.3 is 15.7 Å². The molecule has 2 rings (SSSR count). The van der Waals surface area contributed by atoms with Crippen molar-refractivity contribution in [2.24, 2.45) is 5.73 Å². The number of carbonyl (C=O) groups is 1. The Bertz CT molecular complexity index is 392. The zero-order chi connectivity index (χ0) is 11.5. The van der Waals surface area contributed by atoms with E-state index >= 15 is 0 Å². The highest BCUT2D eigenvalue weighted by molar-refractivity contribution is 5.82. The fourth-order valence-electron chi connectivity index (χ4n) is 2.21. The third kappa shape index (κ3) is 1.88. The molecule has 1 aromatic rings. The van der Waals surface area contributed by atoms with Crippen LogP contribution in [0.4, 0.5) is 5.69 Å². The number of aliphatic carboxylic acids is 1. The van der Waals surface area contributed by atoms with E-state index in [-0.39, 0.29) is 0 Å². The zero-order valence-corrected chi connectivity index (χ0v) is 9.10. The predicted octanol–water partition coefficient (Wildman–Crippen LogP) is 0.851. The van der Waals surface area contributed by atoms with E-state index in [4.69, 9.17) is 5.73 Å². The number of hydrogen-bond acceptors (Lipinski definition) is 3. The summed E-state index contributed by atoms with van der Waals surface area (Å²) in [7, 11) is 0. The van der Waals surface area contributed by atoms with E-state index in [0.717, 1.165) is 17.7 Å². The number of anilines is 1. The van der Waals surface area contributed by atoms with Gasteiger partial charge in [-0.1, -0.05) is 18.2 Å². The molecule has 4 heteroatoms. The van der Waals surface area contributed by atoms with Crippen molar-refractivity contribution >= 4 is 11.7 Å². The van der Waals surface area contributed by atoms with Gasteiger partial charge in [0.15, 0.2) is 0 Å². The molecule has 1 unspecified atom stereocenters. The Hall–Kier alpha value is -1.55. The molecule has 3 N–H and O–H groups in total. The molecule has 4 nitrogen and oxygen atoms in total. The Morgan fingerprint density at radius 1 is 1.50 bits per heavy atom. The summed E-state index contributed by atoms with van der Waals surface area (Å²) < 4.78 is 0. The molecule has 0 amide bonds. The second-order valence-corrected chi connectivity index (χ2v) is 4.02. The molecule has 1 heterocycles. The van der Waals surface area contributed by atoms with E-state index in [1.54, 1.807) is 0 Å². The molecular weight excluding hydrogens is 204 g/mol. The van der Waals surface area contributed by atoms with Crippen LogP contribution in [-0.2, 0) is 11.2 Å². The maximum Gasteiger partial charge on any atom is 0.326 e. The van der Waals surface area contributed by atoms with Crippen molar-refractivity contribution in [3.05, 3.63) is 29.8 Å². The normalized spacial score (nSPS) is 18.6. The molecule has 1 aliphatic heterocycles. The van der Waals surface area contributed by atoms with Crippen molar-refractivity contribution < 1.29 is 9.90 Å². The molecule has 0 aliphatic carbocycles. The summed E-state index contributed by atoms with van der Waals surface area (Å²) in [5, 5.41) is 9.18. The second kappa shape index (κ2) is 4.53. The number of para-hydroxylation sites is 1. The third-order valence-corrected chi connectivity index (χ3v) is 2.98. The van der Waals surface area contributed by atoms with Gasteiger partial charge in [-0.3, -0.25) is 0 Å². The summed E-state index contributed by atoms with van der Waals surface area (Å²) in [4.78, 5) is 13.1. The van der Waals surface area contributed by atoms with Gasteiger partial charge >= 0.3 is 5.97 Å². The number of hydrogen-bond donors (Lipinski definition) is 2. The Morgan fingerprint density at radius 2 is 2.25 bits per heavy atom. The molecule has 0 fully saturated rings. The summed E-state index contributed by atoms with van der Waals surface area (Å²) in [5.41, 5.74) is 7.64. The van der Waals surface area contributed by atoms with Crippen molar-refractivity contribution in [3.8, 4) is 0 Å². The fourth-order valence-corrected chi connectivity index (χ4v) is 2.21. The quantitative estimate of drug-likeness (QED) is 0.789.